The van der Waals surface area contributed by atoms with E-state index >= 15 is 0 Å². The molecule has 0 saturated carbocycles. The van der Waals surface area contributed by atoms with Crippen molar-refractivity contribution in [1.29, 1.82) is 0 Å². The lowest BCUT2D eigenvalue weighted by molar-refractivity contribution is 0.341. The fourth-order valence-electron chi connectivity index (χ4n) is 3.35. The topological polar surface area (TPSA) is 118 Å². The Morgan fingerprint density at radius 3 is 2.50 bits per heavy atom. The molecule has 0 atom stereocenters. The molecule has 1 aromatic carbocycles. The first-order valence-electron chi connectivity index (χ1n) is 10.8. The number of ether oxygens (including phenoxy) is 1. The van der Waals surface area contributed by atoms with E-state index in [1.165, 1.54) is 23.4 Å². The Kier molecular flexibility index (Phi) is 6.30. The standard InChI is InChI=1S/C23H26N6O4S/c1-7-32-14-11-9-8-10-13(14)17-24-15(33-27-17)12-34-19-16-18(25-21(26-19)23(2,3)4)28(5)22(31)29(6)20(16)30/h8-11H,7,12H2,1-6H3. The summed E-state index contributed by atoms with van der Waals surface area (Å²) in [5.74, 6) is 2.28. The number of hydrogen-bond donors (Lipinski definition) is 0. The lowest BCUT2D eigenvalue weighted by Crippen LogP contribution is -2.38. The van der Waals surface area contributed by atoms with Gasteiger partial charge in [-0.05, 0) is 19.1 Å². The molecule has 0 fully saturated rings. The third-order valence-electron chi connectivity index (χ3n) is 5.17. The van der Waals surface area contributed by atoms with Crippen LogP contribution < -0.4 is 16.0 Å². The second kappa shape index (κ2) is 9.05. The molecule has 178 valence electrons. The van der Waals surface area contributed by atoms with Crippen LogP contribution in [-0.4, -0.2) is 35.8 Å². The quantitative estimate of drug-likeness (QED) is 0.302. The summed E-state index contributed by atoms with van der Waals surface area (Å²) in [4.78, 5) is 39.2. The van der Waals surface area contributed by atoms with E-state index in [9.17, 15) is 9.59 Å². The van der Waals surface area contributed by atoms with Crippen LogP contribution >= 0.6 is 11.8 Å². The van der Waals surface area contributed by atoms with E-state index in [2.05, 4.69) is 20.1 Å². The Labute approximate surface area is 200 Å². The molecule has 0 radical (unpaired) electrons. The highest BCUT2D eigenvalue weighted by Gasteiger charge is 2.24. The number of benzene rings is 1. The number of aromatic nitrogens is 6. The Morgan fingerprint density at radius 1 is 1.06 bits per heavy atom. The van der Waals surface area contributed by atoms with Gasteiger partial charge in [0, 0.05) is 19.5 Å². The molecular formula is C23H26N6O4S. The molecule has 0 N–H and O–H groups in total. The maximum atomic E-state index is 13.0. The molecule has 0 spiro atoms. The summed E-state index contributed by atoms with van der Waals surface area (Å²) in [7, 11) is 3.04. The predicted octanol–water partition coefficient (Wildman–Crippen LogP) is 3.07. The number of nitrogens with zero attached hydrogens (tertiary/aromatic N) is 6. The van der Waals surface area contributed by atoms with Crippen LogP contribution in [0.2, 0.25) is 0 Å². The van der Waals surface area contributed by atoms with Crippen LogP contribution in [0.4, 0.5) is 0 Å². The average Bonchev–Trinajstić information content (AvgIpc) is 3.28. The SMILES string of the molecule is CCOc1ccccc1-c1noc(CSc2nc(C(C)(C)C)nc3c2c(=O)n(C)c(=O)n3C)n1. The fourth-order valence-corrected chi connectivity index (χ4v) is 4.21. The Hall–Kier alpha value is -3.47. The van der Waals surface area contributed by atoms with Gasteiger partial charge in [-0.1, -0.05) is 49.8 Å². The normalized spacial score (nSPS) is 11.8. The van der Waals surface area contributed by atoms with Gasteiger partial charge < -0.3 is 9.26 Å². The van der Waals surface area contributed by atoms with Crippen molar-refractivity contribution in [2.24, 2.45) is 14.1 Å². The molecule has 0 aliphatic carbocycles. The third-order valence-corrected chi connectivity index (χ3v) is 6.13. The van der Waals surface area contributed by atoms with Crippen LogP contribution in [0.15, 0.2) is 43.4 Å². The summed E-state index contributed by atoms with van der Waals surface area (Å²) in [6.07, 6.45) is 0. The van der Waals surface area contributed by atoms with Gasteiger partial charge >= 0.3 is 5.69 Å². The van der Waals surface area contributed by atoms with Gasteiger partial charge in [0.1, 0.15) is 22.0 Å². The smallest absolute Gasteiger partial charge is 0.332 e. The summed E-state index contributed by atoms with van der Waals surface area (Å²) in [6.45, 7) is 8.35. The van der Waals surface area contributed by atoms with Crippen molar-refractivity contribution in [3.05, 3.63) is 56.8 Å². The van der Waals surface area contributed by atoms with Crippen LogP contribution in [-0.2, 0) is 25.3 Å². The van der Waals surface area contributed by atoms with E-state index in [4.69, 9.17) is 9.26 Å². The van der Waals surface area contributed by atoms with Crippen molar-refractivity contribution in [3.8, 4) is 17.1 Å². The second-order valence-electron chi connectivity index (χ2n) is 8.74. The van der Waals surface area contributed by atoms with Crippen molar-refractivity contribution in [3.63, 3.8) is 0 Å². The van der Waals surface area contributed by atoms with Crippen LogP contribution in [0, 0.1) is 0 Å². The van der Waals surface area contributed by atoms with Gasteiger partial charge in [-0.25, -0.2) is 14.8 Å². The minimum atomic E-state index is -0.446. The third kappa shape index (κ3) is 4.35. The largest absolute Gasteiger partial charge is 0.493 e. The summed E-state index contributed by atoms with van der Waals surface area (Å²) in [5, 5.41) is 4.84. The van der Waals surface area contributed by atoms with E-state index in [1.54, 1.807) is 7.05 Å². The van der Waals surface area contributed by atoms with E-state index in [1.807, 2.05) is 52.0 Å². The maximum Gasteiger partial charge on any atom is 0.332 e. The van der Waals surface area contributed by atoms with Gasteiger partial charge in [0.25, 0.3) is 5.56 Å². The monoisotopic (exact) mass is 482 g/mol. The molecule has 3 aromatic heterocycles. The predicted molar refractivity (Wildman–Crippen MR) is 129 cm³/mol. The average molecular weight is 483 g/mol. The zero-order valence-corrected chi connectivity index (χ0v) is 20.8. The number of fused-ring (bicyclic) bond motifs is 1. The highest BCUT2D eigenvalue weighted by atomic mass is 32.2. The van der Waals surface area contributed by atoms with Crippen LogP contribution in [0.3, 0.4) is 0 Å². The molecule has 0 aliphatic heterocycles. The molecule has 4 rings (SSSR count). The summed E-state index contributed by atoms with van der Waals surface area (Å²) < 4.78 is 13.5. The lowest BCUT2D eigenvalue weighted by Gasteiger charge is -2.19. The lowest BCUT2D eigenvalue weighted by atomic mass is 9.96. The molecule has 34 heavy (non-hydrogen) atoms. The highest BCUT2D eigenvalue weighted by molar-refractivity contribution is 7.98. The van der Waals surface area contributed by atoms with Gasteiger partial charge in [-0.2, -0.15) is 4.98 Å². The number of para-hydroxylation sites is 1. The summed E-state index contributed by atoms with van der Waals surface area (Å²) in [5.41, 5.74) is -0.246. The maximum absolute atomic E-state index is 13.0. The second-order valence-corrected chi connectivity index (χ2v) is 9.70. The van der Waals surface area contributed by atoms with Crippen LogP contribution in [0.25, 0.3) is 22.4 Å². The Morgan fingerprint density at radius 2 is 1.79 bits per heavy atom. The molecule has 0 amide bonds. The molecule has 3 heterocycles. The van der Waals surface area contributed by atoms with Crippen molar-refractivity contribution >= 4 is 22.8 Å². The van der Waals surface area contributed by atoms with Crippen molar-refractivity contribution in [1.82, 2.24) is 29.2 Å². The molecule has 0 unspecified atom stereocenters. The molecule has 4 aromatic rings. The molecule has 0 aliphatic rings. The molecular weight excluding hydrogens is 456 g/mol. The van der Waals surface area contributed by atoms with Crippen molar-refractivity contribution in [2.75, 3.05) is 6.61 Å². The molecule has 0 saturated heterocycles. The van der Waals surface area contributed by atoms with Gasteiger partial charge in [0.15, 0.2) is 5.65 Å². The van der Waals surface area contributed by atoms with Crippen molar-refractivity contribution < 1.29 is 9.26 Å². The van der Waals surface area contributed by atoms with Gasteiger partial charge in [-0.15, -0.1) is 0 Å². The molecule has 11 heteroatoms. The minimum absolute atomic E-state index is 0.282. The number of thioether (sulfide) groups is 1. The number of rotatable bonds is 6. The van der Waals surface area contributed by atoms with E-state index in [0.29, 0.717) is 40.6 Å². The van der Waals surface area contributed by atoms with Crippen LogP contribution in [0.1, 0.15) is 39.4 Å². The first kappa shape index (κ1) is 23.7. The van der Waals surface area contributed by atoms with Gasteiger partial charge in [0.2, 0.25) is 11.7 Å². The zero-order chi connectivity index (χ0) is 24.6. The first-order chi connectivity index (χ1) is 16.1. The van der Waals surface area contributed by atoms with Crippen LogP contribution in [0.5, 0.6) is 5.75 Å². The molecule has 0 bridgehead atoms. The van der Waals surface area contributed by atoms with E-state index < -0.39 is 11.2 Å². The Bertz CT molecular complexity index is 1480. The first-order valence-corrected chi connectivity index (χ1v) is 11.8. The summed E-state index contributed by atoms with van der Waals surface area (Å²) in [6, 6.07) is 7.48. The fraction of sp³-hybridized carbons (Fsp3) is 0.391. The highest BCUT2D eigenvalue weighted by Crippen LogP contribution is 2.31. The van der Waals surface area contributed by atoms with E-state index in [0.717, 1.165) is 10.1 Å². The number of aryl methyl sites for hydroxylation is 1. The van der Waals surface area contributed by atoms with Gasteiger partial charge in [-0.3, -0.25) is 13.9 Å². The van der Waals surface area contributed by atoms with Gasteiger partial charge in [0.05, 0.1) is 17.9 Å². The summed E-state index contributed by atoms with van der Waals surface area (Å²) >= 11 is 1.29. The minimum Gasteiger partial charge on any atom is -0.493 e. The zero-order valence-electron chi connectivity index (χ0n) is 19.9. The van der Waals surface area contributed by atoms with Crippen molar-refractivity contribution in [2.45, 2.75) is 43.9 Å². The number of hydrogen-bond acceptors (Lipinski definition) is 9. The van der Waals surface area contributed by atoms with E-state index in [-0.39, 0.29) is 16.6 Å². The Balaban J connectivity index is 1.74. The molecule has 10 nitrogen and oxygen atoms in total.